The predicted molar refractivity (Wildman–Crippen MR) is 77.5 cm³/mol. The maximum Gasteiger partial charge on any atom is 0.0464 e. The summed E-state index contributed by atoms with van der Waals surface area (Å²) in [4.78, 5) is 0. The fraction of sp³-hybridized carbons (Fsp3) is 1.00. The molecule has 0 amide bonds. The number of hydrogen-bond donors (Lipinski definition) is 0. The molecule has 0 aliphatic carbocycles. The molecule has 0 rings (SSSR count). The molecule has 0 aromatic heterocycles. The summed E-state index contributed by atoms with van der Waals surface area (Å²) in [6.45, 7) is 5.52. The minimum atomic E-state index is 0.920. The highest BCUT2D eigenvalue weighted by Gasteiger charge is 2.08. The molecule has 17 heavy (non-hydrogen) atoms. The Kier molecular flexibility index (Phi) is 14.0. The van der Waals surface area contributed by atoms with Gasteiger partial charge in [-0.3, -0.25) is 0 Å². The van der Waals surface area contributed by atoms with E-state index in [9.17, 15) is 0 Å². The summed E-state index contributed by atoms with van der Waals surface area (Å²) in [5, 5.41) is 0. The van der Waals surface area contributed by atoms with Gasteiger partial charge in [0.2, 0.25) is 0 Å². The van der Waals surface area contributed by atoms with Crippen molar-refractivity contribution in [3.63, 3.8) is 0 Å². The molecule has 0 unspecified atom stereocenters. The van der Waals surface area contributed by atoms with Crippen molar-refractivity contribution < 1.29 is 4.74 Å². The van der Waals surface area contributed by atoms with Crippen LogP contribution in [0.25, 0.3) is 0 Å². The third-order valence-corrected chi connectivity index (χ3v) is 3.66. The van der Waals surface area contributed by atoms with E-state index in [1.54, 1.807) is 0 Å². The van der Waals surface area contributed by atoms with Crippen LogP contribution in [0.5, 0.6) is 0 Å². The molecule has 0 aliphatic rings. The van der Waals surface area contributed by atoms with E-state index < -0.39 is 0 Å². The minimum absolute atomic E-state index is 0.920. The van der Waals surface area contributed by atoms with Gasteiger partial charge in [-0.25, -0.2) is 0 Å². The zero-order chi connectivity index (χ0) is 12.8. The van der Waals surface area contributed by atoms with Crippen LogP contribution in [0, 0.1) is 5.92 Å². The van der Waals surface area contributed by atoms with Gasteiger partial charge < -0.3 is 4.74 Å². The van der Waals surface area contributed by atoms with E-state index in [-0.39, 0.29) is 0 Å². The average Bonchev–Trinajstić information content (AvgIpc) is 2.35. The topological polar surface area (TPSA) is 9.23 Å². The molecule has 104 valence electrons. The SMILES string of the molecule is CCCCCCC(CCCCCC)CCOC. The van der Waals surface area contributed by atoms with Crippen LogP contribution in [0.2, 0.25) is 0 Å². The van der Waals surface area contributed by atoms with Gasteiger partial charge in [0.1, 0.15) is 0 Å². The van der Waals surface area contributed by atoms with Crippen molar-refractivity contribution in [1.29, 1.82) is 0 Å². The van der Waals surface area contributed by atoms with Gasteiger partial charge in [0, 0.05) is 13.7 Å². The molecule has 1 nitrogen and oxygen atoms in total. The van der Waals surface area contributed by atoms with Crippen LogP contribution in [0.1, 0.15) is 84.5 Å². The second-order valence-corrected chi connectivity index (χ2v) is 5.35. The van der Waals surface area contributed by atoms with Crippen LogP contribution in [-0.2, 0) is 4.74 Å². The Morgan fingerprint density at radius 3 is 1.65 bits per heavy atom. The van der Waals surface area contributed by atoms with Crippen LogP contribution in [0.3, 0.4) is 0 Å². The fourth-order valence-electron chi connectivity index (χ4n) is 2.44. The van der Waals surface area contributed by atoms with Crippen molar-refractivity contribution in [3.05, 3.63) is 0 Å². The quantitative estimate of drug-likeness (QED) is 0.383. The first-order valence-corrected chi connectivity index (χ1v) is 7.84. The summed E-state index contributed by atoms with van der Waals surface area (Å²) >= 11 is 0. The molecular formula is C16H34O. The minimum Gasteiger partial charge on any atom is -0.385 e. The van der Waals surface area contributed by atoms with Crippen molar-refractivity contribution >= 4 is 0 Å². The summed E-state index contributed by atoms with van der Waals surface area (Å²) in [6, 6.07) is 0. The zero-order valence-electron chi connectivity index (χ0n) is 12.5. The monoisotopic (exact) mass is 242 g/mol. The molecule has 0 radical (unpaired) electrons. The summed E-state index contributed by atoms with van der Waals surface area (Å²) in [5.41, 5.74) is 0. The highest BCUT2D eigenvalue weighted by molar-refractivity contribution is 4.60. The second kappa shape index (κ2) is 14.0. The average molecular weight is 242 g/mol. The summed E-state index contributed by atoms with van der Waals surface area (Å²) in [7, 11) is 1.82. The number of methoxy groups -OCH3 is 1. The molecule has 0 atom stereocenters. The van der Waals surface area contributed by atoms with Crippen LogP contribution in [-0.4, -0.2) is 13.7 Å². The lowest BCUT2D eigenvalue weighted by Crippen LogP contribution is -2.05. The molecule has 0 aromatic carbocycles. The first kappa shape index (κ1) is 17.0. The van der Waals surface area contributed by atoms with Crippen LogP contribution in [0.4, 0.5) is 0 Å². The lowest BCUT2D eigenvalue weighted by molar-refractivity contribution is 0.170. The Morgan fingerprint density at radius 1 is 0.706 bits per heavy atom. The Morgan fingerprint density at radius 2 is 1.24 bits per heavy atom. The van der Waals surface area contributed by atoms with Gasteiger partial charge in [-0.05, 0) is 12.3 Å². The highest BCUT2D eigenvalue weighted by Crippen LogP contribution is 2.21. The van der Waals surface area contributed by atoms with Gasteiger partial charge in [0.25, 0.3) is 0 Å². The standard InChI is InChI=1S/C16H34O/c1-4-6-8-10-12-16(14-15-17-3)13-11-9-7-5-2/h16H,4-15H2,1-3H3. The summed E-state index contributed by atoms with van der Waals surface area (Å²) in [6.07, 6.45) is 15.3. The molecule has 0 saturated carbocycles. The van der Waals surface area contributed by atoms with Gasteiger partial charge in [-0.15, -0.1) is 0 Å². The lowest BCUT2D eigenvalue weighted by Gasteiger charge is -2.16. The number of unbranched alkanes of at least 4 members (excludes halogenated alkanes) is 6. The van der Waals surface area contributed by atoms with Crippen LogP contribution >= 0.6 is 0 Å². The first-order valence-electron chi connectivity index (χ1n) is 7.84. The second-order valence-electron chi connectivity index (χ2n) is 5.35. The van der Waals surface area contributed by atoms with Gasteiger partial charge >= 0.3 is 0 Å². The Hall–Kier alpha value is -0.0400. The van der Waals surface area contributed by atoms with Crippen LogP contribution < -0.4 is 0 Å². The van der Waals surface area contributed by atoms with Gasteiger partial charge in [0.15, 0.2) is 0 Å². The molecule has 0 N–H and O–H groups in total. The Balaban J connectivity index is 3.56. The lowest BCUT2D eigenvalue weighted by atomic mass is 9.92. The van der Waals surface area contributed by atoms with Gasteiger partial charge in [-0.1, -0.05) is 78.1 Å². The van der Waals surface area contributed by atoms with Gasteiger partial charge in [0.05, 0.1) is 0 Å². The third-order valence-electron chi connectivity index (χ3n) is 3.66. The number of rotatable bonds is 13. The summed E-state index contributed by atoms with van der Waals surface area (Å²) < 4.78 is 5.23. The van der Waals surface area contributed by atoms with E-state index in [4.69, 9.17) is 4.74 Å². The van der Waals surface area contributed by atoms with E-state index in [1.165, 1.54) is 70.6 Å². The molecule has 1 heteroatoms. The Bertz CT molecular complexity index is 121. The maximum atomic E-state index is 5.23. The molecule has 0 aromatic rings. The zero-order valence-corrected chi connectivity index (χ0v) is 12.5. The third kappa shape index (κ3) is 12.2. The molecule has 0 aliphatic heterocycles. The summed E-state index contributed by atoms with van der Waals surface area (Å²) in [5.74, 6) is 0.920. The van der Waals surface area contributed by atoms with Gasteiger partial charge in [-0.2, -0.15) is 0 Å². The van der Waals surface area contributed by atoms with Crippen molar-refractivity contribution in [2.24, 2.45) is 5.92 Å². The molecule has 0 fully saturated rings. The van der Waals surface area contributed by atoms with Crippen molar-refractivity contribution in [1.82, 2.24) is 0 Å². The van der Waals surface area contributed by atoms with E-state index in [1.807, 2.05) is 7.11 Å². The maximum absolute atomic E-state index is 5.23. The number of ether oxygens (including phenoxy) is 1. The first-order chi connectivity index (χ1) is 8.35. The predicted octanol–water partition coefficient (Wildman–Crippen LogP) is 5.58. The van der Waals surface area contributed by atoms with Crippen molar-refractivity contribution in [2.75, 3.05) is 13.7 Å². The highest BCUT2D eigenvalue weighted by atomic mass is 16.5. The molecule has 0 bridgehead atoms. The number of hydrogen-bond acceptors (Lipinski definition) is 1. The van der Waals surface area contributed by atoms with E-state index in [0.717, 1.165) is 12.5 Å². The molecular weight excluding hydrogens is 208 g/mol. The van der Waals surface area contributed by atoms with Crippen molar-refractivity contribution in [3.8, 4) is 0 Å². The molecule has 0 spiro atoms. The fourth-order valence-corrected chi connectivity index (χ4v) is 2.44. The smallest absolute Gasteiger partial charge is 0.0464 e. The van der Waals surface area contributed by atoms with Crippen LogP contribution in [0.15, 0.2) is 0 Å². The Labute approximate surface area is 109 Å². The van der Waals surface area contributed by atoms with E-state index >= 15 is 0 Å². The molecule has 0 saturated heterocycles. The normalized spacial score (nSPS) is 11.3. The molecule has 0 heterocycles. The van der Waals surface area contributed by atoms with E-state index in [2.05, 4.69) is 13.8 Å². The van der Waals surface area contributed by atoms with E-state index in [0.29, 0.717) is 0 Å². The van der Waals surface area contributed by atoms with Crippen molar-refractivity contribution in [2.45, 2.75) is 84.5 Å². The largest absolute Gasteiger partial charge is 0.385 e.